The number of hydrogen-bond donors (Lipinski definition) is 1. The van der Waals surface area contributed by atoms with E-state index in [2.05, 4.69) is 5.32 Å². The van der Waals surface area contributed by atoms with Crippen molar-refractivity contribution < 1.29 is 13.2 Å². The Kier molecular flexibility index (Phi) is 3.73. The molecule has 98 valence electrons. The predicted molar refractivity (Wildman–Crippen MR) is 65.4 cm³/mol. The average molecular weight is 260 g/mol. The first-order chi connectivity index (χ1) is 8.00. The molecule has 1 unspecified atom stereocenters. The van der Waals surface area contributed by atoms with Crippen LogP contribution in [0.5, 0.6) is 0 Å². The van der Waals surface area contributed by atoms with Crippen molar-refractivity contribution in [3.05, 3.63) is 0 Å². The molecular weight excluding hydrogens is 240 g/mol. The van der Waals surface area contributed by atoms with Gasteiger partial charge in [0.1, 0.15) is 5.25 Å². The molecule has 17 heavy (non-hydrogen) atoms. The Morgan fingerprint density at radius 3 is 2.41 bits per heavy atom. The van der Waals surface area contributed by atoms with Gasteiger partial charge >= 0.3 is 0 Å². The Bertz CT molecular complexity index is 384. The van der Waals surface area contributed by atoms with Gasteiger partial charge in [-0.05, 0) is 25.7 Å². The van der Waals surface area contributed by atoms with Gasteiger partial charge in [0.25, 0.3) is 0 Å². The van der Waals surface area contributed by atoms with Gasteiger partial charge in [-0.2, -0.15) is 0 Å². The summed E-state index contributed by atoms with van der Waals surface area (Å²) in [5.74, 6) is 0.115. The minimum atomic E-state index is -3.29. The summed E-state index contributed by atoms with van der Waals surface area (Å²) < 4.78 is 24.1. The van der Waals surface area contributed by atoms with Crippen LogP contribution in [0.4, 0.5) is 0 Å². The predicted octanol–water partition coefficient (Wildman–Crippen LogP) is -0.368. The van der Waals surface area contributed by atoms with Crippen molar-refractivity contribution in [1.82, 2.24) is 10.2 Å². The van der Waals surface area contributed by atoms with Gasteiger partial charge < -0.3 is 10.2 Å². The summed E-state index contributed by atoms with van der Waals surface area (Å²) >= 11 is 0. The molecule has 0 aromatic rings. The maximum Gasteiger partial charge on any atom is 0.240 e. The fourth-order valence-corrected chi connectivity index (χ4v) is 3.93. The van der Waals surface area contributed by atoms with Gasteiger partial charge in [-0.3, -0.25) is 4.79 Å². The molecule has 2 aliphatic heterocycles. The number of carbonyl (C=O) groups is 1. The van der Waals surface area contributed by atoms with Crippen LogP contribution >= 0.6 is 0 Å². The van der Waals surface area contributed by atoms with Crippen LogP contribution in [0.2, 0.25) is 0 Å². The van der Waals surface area contributed by atoms with Crippen LogP contribution in [-0.4, -0.2) is 56.4 Å². The number of sulfone groups is 1. The van der Waals surface area contributed by atoms with Crippen LogP contribution in [-0.2, 0) is 14.6 Å². The van der Waals surface area contributed by atoms with E-state index in [4.69, 9.17) is 0 Å². The third-order valence-electron chi connectivity index (χ3n) is 3.64. The molecule has 0 radical (unpaired) electrons. The second-order valence-corrected chi connectivity index (χ2v) is 7.39. The monoisotopic (exact) mass is 260 g/mol. The highest BCUT2D eigenvalue weighted by Crippen LogP contribution is 2.16. The highest BCUT2D eigenvalue weighted by Gasteiger charge is 2.35. The fourth-order valence-electron chi connectivity index (χ4n) is 2.29. The highest BCUT2D eigenvalue weighted by molar-refractivity contribution is 7.92. The zero-order valence-corrected chi connectivity index (χ0v) is 11.0. The molecule has 2 heterocycles. The van der Waals surface area contributed by atoms with Crippen molar-refractivity contribution in [2.24, 2.45) is 5.92 Å². The molecule has 0 aromatic heterocycles. The van der Waals surface area contributed by atoms with Crippen molar-refractivity contribution in [1.29, 1.82) is 0 Å². The van der Waals surface area contributed by atoms with Crippen molar-refractivity contribution in [3.8, 4) is 0 Å². The molecule has 1 atom stereocenters. The molecule has 2 rings (SSSR count). The third kappa shape index (κ3) is 2.80. The van der Waals surface area contributed by atoms with Crippen molar-refractivity contribution in [2.45, 2.75) is 25.0 Å². The van der Waals surface area contributed by atoms with Gasteiger partial charge in [-0.15, -0.1) is 0 Å². The zero-order chi connectivity index (χ0) is 12.5. The lowest BCUT2D eigenvalue weighted by atomic mass is 10.1. The maximum atomic E-state index is 12.1. The lowest BCUT2D eigenvalue weighted by Crippen LogP contribution is -2.48. The zero-order valence-electron chi connectivity index (χ0n) is 10.2. The normalized spacial score (nSPS) is 23.5. The fraction of sp³-hybridized carbons (Fsp3) is 0.909. The van der Waals surface area contributed by atoms with Crippen LogP contribution in [0.25, 0.3) is 0 Å². The summed E-state index contributed by atoms with van der Waals surface area (Å²) in [5, 5.41) is 2.17. The summed E-state index contributed by atoms with van der Waals surface area (Å²) in [5.41, 5.74) is 0. The number of carbonyl (C=O) groups excluding carboxylic acids is 1. The van der Waals surface area contributed by atoms with Crippen LogP contribution in [0, 0.1) is 5.92 Å². The molecule has 0 bridgehead atoms. The number of nitrogens with one attached hydrogen (secondary N) is 1. The van der Waals surface area contributed by atoms with Gasteiger partial charge in [0.2, 0.25) is 5.91 Å². The van der Waals surface area contributed by atoms with Gasteiger partial charge in [-0.25, -0.2) is 8.42 Å². The first kappa shape index (κ1) is 12.8. The smallest absolute Gasteiger partial charge is 0.240 e. The highest BCUT2D eigenvalue weighted by atomic mass is 32.2. The summed E-state index contributed by atoms with van der Waals surface area (Å²) in [6.45, 7) is 4.46. The second kappa shape index (κ2) is 4.94. The molecule has 5 nitrogen and oxygen atoms in total. The number of hydrogen-bond acceptors (Lipinski definition) is 4. The summed E-state index contributed by atoms with van der Waals surface area (Å²) in [7, 11) is -3.29. The van der Waals surface area contributed by atoms with Gasteiger partial charge in [0.15, 0.2) is 9.84 Å². The van der Waals surface area contributed by atoms with Crippen LogP contribution < -0.4 is 5.32 Å². The first-order valence-corrected chi connectivity index (χ1v) is 7.93. The van der Waals surface area contributed by atoms with Crippen molar-refractivity contribution >= 4 is 15.7 Å². The molecule has 0 aliphatic carbocycles. The Morgan fingerprint density at radius 2 is 1.94 bits per heavy atom. The quantitative estimate of drug-likeness (QED) is 0.749. The Morgan fingerprint density at radius 1 is 1.35 bits per heavy atom. The molecule has 2 fully saturated rings. The van der Waals surface area contributed by atoms with E-state index < -0.39 is 15.1 Å². The van der Waals surface area contributed by atoms with Crippen LogP contribution in [0.1, 0.15) is 19.8 Å². The van der Waals surface area contributed by atoms with Crippen LogP contribution in [0.3, 0.4) is 0 Å². The Hall–Kier alpha value is -0.620. The molecule has 6 heteroatoms. The SMILES string of the molecule is CC(C(=O)N1CCCC1)S(=O)(=O)CC1CNC1. The summed E-state index contributed by atoms with van der Waals surface area (Å²) in [6.07, 6.45) is 1.98. The number of rotatable bonds is 4. The molecule has 2 saturated heterocycles. The minimum absolute atomic E-state index is 0.140. The van der Waals surface area contributed by atoms with E-state index in [1.54, 1.807) is 4.90 Å². The second-order valence-electron chi connectivity index (χ2n) is 5.03. The topological polar surface area (TPSA) is 66.5 Å². The van der Waals surface area contributed by atoms with E-state index >= 15 is 0 Å². The summed E-state index contributed by atoms with van der Waals surface area (Å²) in [4.78, 5) is 13.7. The maximum absolute atomic E-state index is 12.1. The van der Waals surface area contributed by atoms with E-state index in [0.717, 1.165) is 25.9 Å². The number of nitrogens with zero attached hydrogens (tertiary/aromatic N) is 1. The van der Waals surface area contributed by atoms with E-state index in [9.17, 15) is 13.2 Å². The molecular formula is C11H20N2O3S. The molecule has 0 aromatic carbocycles. The Labute approximate surface area is 102 Å². The van der Waals surface area contributed by atoms with E-state index in [1.165, 1.54) is 6.92 Å². The minimum Gasteiger partial charge on any atom is -0.342 e. The molecule has 2 aliphatic rings. The van der Waals surface area contributed by atoms with E-state index in [-0.39, 0.29) is 17.6 Å². The number of likely N-dealkylation sites (tertiary alicyclic amines) is 1. The lowest BCUT2D eigenvalue weighted by Gasteiger charge is -2.28. The van der Waals surface area contributed by atoms with Gasteiger partial charge in [0.05, 0.1) is 5.75 Å². The molecule has 0 saturated carbocycles. The standard InChI is InChI=1S/C11H20N2O3S/c1-9(11(14)13-4-2-3-5-13)17(15,16)8-10-6-12-7-10/h9-10,12H,2-8H2,1H3. The third-order valence-corrected chi connectivity index (χ3v) is 5.85. The first-order valence-electron chi connectivity index (χ1n) is 6.22. The van der Waals surface area contributed by atoms with Gasteiger partial charge in [0, 0.05) is 26.2 Å². The summed E-state index contributed by atoms with van der Waals surface area (Å²) in [6, 6.07) is 0. The van der Waals surface area contributed by atoms with Crippen LogP contribution in [0.15, 0.2) is 0 Å². The van der Waals surface area contributed by atoms with Crippen molar-refractivity contribution in [3.63, 3.8) is 0 Å². The molecule has 1 amide bonds. The van der Waals surface area contributed by atoms with E-state index in [1.807, 2.05) is 0 Å². The average Bonchev–Trinajstić information content (AvgIpc) is 2.75. The van der Waals surface area contributed by atoms with Crippen molar-refractivity contribution in [2.75, 3.05) is 31.9 Å². The lowest BCUT2D eigenvalue weighted by molar-refractivity contribution is -0.129. The molecule has 0 spiro atoms. The molecule has 1 N–H and O–H groups in total. The van der Waals surface area contributed by atoms with E-state index in [0.29, 0.717) is 13.1 Å². The van der Waals surface area contributed by atoms with Gasteiger partial charge in [-0.1, -0.05) is 0 Å². The Balaban J connectivity index is 1.96. The number of amides is 1. The largest absolute Gasteiger partial charge is 0.342 e.